The molecule has 23 heavy (non-hydrogen) atoms. The summed E-state index contributed by atoms with van der Waals surface area (Å²) in [7, 11) is 0. The van der Waals surface area contributed by atoms with Gasteiger partial charge in [0.15, 0.2) is 5.75 Å². The fourth-order valence-electron chi connectivity index (χ4n) is 2.25. The lowest BCUT2D eigenvalue weighted by molar-refractivity contribution is -0.137. The molecular weight excluding hydrogens is 511 g/mol. The average Bonchev–Trinajstić information content (AvgIpc) is 2.45. The van der Waals surface area contributed by atoms with Crippen LogP contribution in [0.5, 0.6) is 5.75 Å². The second kappa shape index (κ2) is 8.15. The van der Waals surface area contributed by atoms with E-state index in [4.69, 9.17) is 16.3 Å². The van der Waals surface area contributed by atoms with E-state index in [1.165, 1.54) is 0 Å². The van der Waals surface area contributed by atoms with Crippen molar-refractivity contribution in [3.63, 3.8) is 0 Å². The van der Waals surface area contributed by atoms with Crippen LogP contribution in [0.25, 0.3) is 0 Å². The highest BCUT2D eigenvalue weighted by atomic mass is 79.9. The predicted molar refractivity (Wildman–Crippen MR) is 104 cm³/mol. The van der Waals surface area contributed by atoms with Gasteiger partial charge in [0.05, 0.1) is 14.9 Å². The number of hydrogen-bond donors (Lipinski definition) is 0. The molecule has 2 aromatic rings. The van der Waals surface area contributed by atoms with Crippen LogP contribution in [0.2, 0.25) is 5.02 Å². The number of carbonyl (C=O) groups excluding carboxylic acids is 1. The van der Waals surface area contributed by atoms with Gasteiger partial charge in [-0.15, -0.1) is 0 Å². The summed E-state index contributed by atoms with van der Waals surface area (Å²) in [5.74, 6) is -0.102. The van der Waals surface area contributed by atoms with Crippen LogP contribution < -0.4 is 4.74 Å². The maximum absolute atomic E-state index is 12.7. The Morgan fingerprint density at radius 3 is 2.04 bits per heavy atom. The van der Waals surface area contributed by atoms with Crippen molar-refractivity contribution < 1.29 is 9.53 Å². The van der Waals surface area contributed by atoms with Crippen molar-refractivity contribution in [3.8, 4) is 5.75 Å². The van der Waals surface area contributed by atoms with Crippen LogP contribution >= 0.6 is 59.4 Å². The lowest BCUT2D eigenvalue weighted by Crippen LogP contribution is -2.23. The van der Waals surface area contributed by atoms with E-state index in [2.05, 4.69) is 47.8 Å². The van der Waals surface area contributed by atoms with E-state index in [0.29, 0.717) is 19.7 Å². The molecule has 0 amide bonds. The van der Waals surface area contributed by atoms with Crippen molar-refractivity contribution in [2.45, 2.75) is 19.8 Å². The van der Waals surface area contributed by atoms with Gasteiger partial charge in [-0.3, -0.25) is 4.79 Å². The van der Waals surface area contributed by atoms with Crippen molar-refractivity contribution in [3.05, 3.63) is 60.4 Å². The third-order valence-electron chi connectivity index (χ3n) is 3.32. The number of esters is 1. The molecule has 6 heteroatoms. The molecule has 122 valence electrons. The molecule has 0 bridgehead atoms. The quantitative estimate of drug-likeness (QED) is 0.318. The molecule has 0 N–H and O–H groups in total. The van der Waals surface area contributed by atoms with Crippen molar-refractivity contribution >= 4 is 65.4 Å². The Kier molecular flexibility index (Phi) is 6.72. The topological polar surface area (TPSA) is 26.3 Å². The lowest BCUT2D eigenvalue weighted by Gasteiger charge is -2.20. The molecule has 0 aliphatic carbocycles. The second-order valence-corrected chi connectivity index (χ2v) is 8.45. The Hall–Kier alpha value is -0.360. The standard InChI is InChI=1S/C17H14Br3ClO2/c1-9(2)15(10-3-5-12(21)6-4-10)17(22)23-16-13(19)7-11(18)8-14(16)20/h3-9,15H,1-2H3. The number of rotatable bonds is 4. The third kappa shape index (κ3) is 4.81. The maximum atomic E-state index is 12.7. The third-order valence-corrected chi connectivity index (χ3v) is 5.20. The van der Waals surface area contributed by atoms with E-state index in [1.54, 1.807) is 12.1 Å². The normalized spacial score (nSPS) is 12.3. The summed E-state index contributed by atoms with van der Waals surface area (Å²) in [4.78, 5) is 12.7. The van der Waals surface area contributed by atoms with Gasteiger partial charge in [0.2, 0.25) is 0 Å². The van der Waals surface area contributed by atoms with E-state index in [0.717, 1.165) is 10.0 Å². The molecule has 0 spiro atoms. The van der Waals surface area contributed by atoms with Gasteiger partial charge in [0.25, 0.3) is 0 Å². The summed E-state index contributed by atoms with van der Waals surface area (Å²) in [5.41, 5.74) is 0.888. The number of carbonyl (C=O) groups is 1. The van der Waals surface area contributed by atoms with E-state index in [1.807, 2.05) is 38.1 Å². The molecule has 0 saturated heterocycles. The van der Waals surface area contributed by atoms with Crippen LogP contribution in [0, 0.1) is 5.92 Å². The minimum Gasteiger partial charge on any atom is -0.424 e. The smallest absolute Gasteiger partial charge is 0.319 e. The highest BCUT2D eigenvalue weighted by Gasteiger charge is 2.27. The Morgan fingerprint density at radius 1 is 1.04 bits per heavy atom. The molecule has 0 aliphatic heterocycles. The minimum absolute atomic E-state index is 0.0941. The Morgan fingerprint density at radius 2 is 1.57 bits per heavy atom. The summed E-state index contributed by atoms with van der Waals surface area (Å²) in [6.07, 6.45) is 0. The van der Waals surface area contributed by atoms with Gasteiger partial charge in [-0.05, 0) is 67.6 Å². The van der Waals surface area contributed by atoms with Crippen molar-refractivity contribution in [2.24, 2.45) is 5.92 Å². The average molecular weight is 525 g/mol. The highest BCUT2D eigenvalue weighted by Crippen LogP contribution is 2.38. The first kappa shape index (κ1) is 19.0. The van der Waals surface area contributed by atoms with Gasteiger partial charge in [-0.1, -0.05) is 53.5 Å². The first-order chi connectivity index (χ1) is 10.8. The first-order valence-corrected chi connectivity index (χ1v) is 9.67. The lowest BCUT2D eigenvalue weighted by atomic mass is 9.88. The van der Waals surface area contributed by atoms with E-state index < -0.39 is 0 Å². The fourth-order valence-corrected chi connectivity index (χ4v) is 4.80. The summed E-state index contributed by atoms with van der Waals surface area (Å²) in [6, 6.07) is 11.0. The first-order valence-electron chi connectivity index (χ1n) is 6.91. The van der Waals surface area contributed by atoms with Gasteiger partial charge in [0, 0.05) is 9.50 Å². The Balaban J connectivity index is 2.31. The Bertz CT molecular complexity index is 691. The molecule has 2 aromatic carbocycles. The van der Waals surface area contributed by atoms with Gasteiger partial charge in [0.1, 0.15) is 0 Å². The molecule has 0 aliphatic rings. The number of benzene rings is 2. The van der Waals surface area contributed by atoms with E-state index in [9.17, 15) is 4.79 Å². The zero-order valence-corrected chi connectivity index (χ0v) is 18.0. The molecule has 0 aromatic heterocycles. The molecule has 1 unspecified atom stereocenters. The van der Waals surface area contributed by atoms with Gasteiger partial charge in [-0.25, -0.2) is 0 Å². The van der Waals surface area contributed by atoms with Crippen molar-refractivity contribution in [1.82, 2.24) is 0 Å². The van der Waals surface area contributed by atoms with Gasteiger partial charge >= 0.3 is 5.97 Å². The number of hydrogen-bond acceptors (Lipinski definition) is 2. The van der Waals surface area contributed by atoms with Crippen LogP contribution in [0.1, 0.15) is 25.3 Å². The van der Waals surface area contributed by atoms with Crippen LogP contribution in [-0.2, 0) is 4.79 Å². The van der Waals surface area contributed by atoms with Crippen LogP contribution in [-0.4, -0.2) is 5.97 Å². The van der Waals surface area contributed by atoms with Crippen molar-refractivity contribution in [2.75, 3.05) is 0 Å². The summed E-state index contributed by atoms with van der Waals surface area (Å²) in [5, 5.41) is 0.642. The van der Waals surface area contributed by atoms with Gasteiger partial charge in [-0.2, -0.15) is 0 Å². The molecular formula is C17H14Br3ClO2. The predicted octanol–water partition coefficient (Wildman–Crippen LogP) is 6.97. The van der Waals surface area contributed by atoms with Gasteiger partial charge < -0.3 is 4.74 Å². The molecule has 2 rings (SSSR count). The van der Waals surface area contributed by atoms with Crippen LogP contribution in [0.4, 0.5) is 0 Å². The molecule has 0 radical (unpaired) electrons. The maximum Gasteiger partial charge on any atom is 0.319 e. The zero-order valence-electron chi connectivity index (χ0n) is 12.4. The second-order valence-electron chi connectivity index (χ2n) is 5.39. The monoisotopic (exact) mass is 522 g/mol. The molecule has 0 saturated carbocycles. The van der Waals surface area contributed by atoms with E-state index >= 15 is 0 Å². The number of halogens is 4. The SMILES string of the molecule is CC(C)C(C(=O)Oc1c(Br)cc(Br)cc1Br)c1ccc(Cl)cc1. The van der Waals surface area contributed by atoms with Crippen molar-refractivity contribution in [1.29, 1.82) is 0 Å². The summed E-state index contributed by atoms with van der Waals surface area (Å²) in [6.45, 7) is 3.98. The molecule has 0 heterocycles. The molecule has 0 fully saturated rings. The summed E-state index contributed by atoms with van der Waals surface area (Å²) >= 11 is 16.2. The fraction of sp³-hybridized carbons (Fsp3) is 0.235. The number of ether oxygens (including phenoxy) is 1. The minimum atomic E-state index is -0.366. The van der Waals surface area contributed by atoms with Crippen LogP contribution in [0.15, 0.2) is 49.8 Å². The zero-order chi connectivity index (χ0) is 17.1. The molecule has 1 atom stereocenters. The Labute approximate surface area is 165 Å². The largest absolute Gasteiger partial charge is 0.424 e. The van der Waals surface area contributed by atoms with Crippen LogP contribution in [0.3, 0.4) is 0 Å². The highest BCUT2D eigenvalue weighted by molar-refractivity contribution is 9.11. The summed E-state index contributed by atoms with van der Waals surface area (Å²) < 4.78 is 7.94. The van der Waals surface area contributed by atoms with E-state index in [-0.39, 0.29) is 17.8 Å². The molecule has 2 nitrogen and oxygen atoms in total.